The van der Waals surface area contributed by atoms with Crippen LogP contribution in [0.4, 0.5) is 4.39 Å². The maximum Gasteiger partial charge on any atom is 0.319 e. The molecule has 1 rings (SSSR count). The van der Waals surface area contributed by atoms with Gasteiger partial charge in [0.2, 0.25) is 0 Å². The lowest BCUT2D eigenvalue weighted by Crippen LogP contribution is -2.17. The minimum atomic E-state index is -1.06. The molecule has 9 heteroatoms. The van der Waals surface area contributed by atoms with E-state index in [2.05, 4.69) is 10.0 Å². The second kappa shape index (κ2) is 8.63. The number of benzene rings is 1. The van der Waals surface area contributed by atoms with E-state index in [4.69, 9.17) is 21.9 Å². The Morgan fingerprint density at radius 3 is 2.82 bits per heavy atom. The second-order valence-electron chi connectivity index (χ2n) is 4.18. The molecule has 0 aliphatic rings. The zero-order valence-corrected chi connectivity index (χ0v) is 13.4. The first-order valence-corrected chi connectivity index (χ1v) is 7.58. The summed E-state index contributed by atoms with van der Waals surface area (Å²) in [6, 6.07) is 2.09. The lowest BCUT2D eigenvalue weighted by Gasteiger charge is -2.12. The Balaban J connectivity index is 2.99. The molecular formula is C13H13ClFN3O3S. The Bertz CT molecular complexity index is 635. The van der Waals surface area contributed by atoms with Crippen LogP contribution in [-0.4, -0.2) is 23.7 Å². The van der Waals surface area contributed by atoms with Crippen LogP contribution in [0.15, 0.2) is 22.1 Å². The summed E-state index contributed by atoms with van der Waals surface area (Å²) in [7, 11) is 0. The number of ether oxygens (including phenoxy) is 1. The maximum atomic E-state index is 13.7. The summed E-state index contributed by atoms with van der Waals surface area (Å²) in [5, 5.41) is 2.30. The minimum Gasteiger partial charge on any atom is -0.465 e. The van der Waals surface area contributed by atoms with Crippen molar-refractivity contribution in [1.82, 2.24) is 0 Å². The highest BCUT2D eigenvalue weighted by Gasteiger charge is 2.20. The third kappa shape index (κ3) is 4.91. The highest BCUT2D eigenvalue weighted by Crippen LogP contribution is 2.33. The summed E-state index contributed by atoms with van der Waals surface area (Å²) >= 11 is 6.94. The topological polar surface area (TPSA) is 92.1 Å². The van der Waals surface area contributed by atoms with Crippen LogP contribution in [-0.2, 0) is 9.53 Å². The number of esters is 1. The summed E-state index contributed by atoms with van der Waals surface area (Å²) in [5.74, 6) is -2.39. The number of thioether (sulfide) groups is 1. The van der Waals surface area contributed by atoms with E-state index in [0.29, 0.717) is 17.9 Å². The maximum absolute atomic E-state index is 13.7. The molecule has 0 aliphatic carbocycles. The quantitative estimate of drug-likeness (QED) is 0.252. The zero-order chi connectivity index (χ0) is 16.7. The zero-order valence-electron chi connectivity index (χ0n) is 11.9. The molecule has 0 aromatic heterocycles. The largest absolute Gasteiger partial charge is 0.465 e. The molecule has 22 heavy (non-hydrogen) atoms. The molecule has 0 fully saturated rings. The third-order valence-corrected chi connectivity index (χ3v) is 4.03. The second-order valence-corrected chi connectivity index (χ2v) is 5.97. The average molecular weight is 346 g/mol. The van der Waals surface area contributed by atoms with E-state index in [9.17, 15) is 14.0 Å². The summed E-state index contributed by atoms with van der Waals surface area (Å²) in [6.07, 6.45) is 0.700. The third-order valence-electron chi connectivity index (χ3n) is 2.47. The van der Waals surface area contributed by atoms with Gasteiger partial charge in [-0.2, -0.15) is 0 Å². The molecule has 0 bridgehead atoms. The number of azide groups is 1. The Morgan fingerprint density at radius 2 is 2.23 bits per heavy atom. The number of halogens is 2. The predicted molar refractivity (Wildman–Crippen MR) is 81.5 cm³/mol. The highest BCUT2D eigenvalue weighted by molar-refractivity contribution is 8.00. The highest BCUT2D eigenvalue weighted by atomic mass is 35.5. The Morgan fingerprint density at radius 1 is 1.55 bits per heavy atom. The van der Waals surface area contributed by atoms with Crippen molar-refractivity contribution < 1.29 is 18.7 Å². The van der Waals surface area contributed by atoms with Gasteiger partial charge in [0.15, 0.2) is 0 Å². The monoisotopic (exact) mass is 345 g/mol. The van der Waals surface area contributed by atoms with Crippen LogP contribution >= 0.6 is 23.4 Å². The van der Waals surface area contributed by atoms with Crippen molar-refractivity contribution in [2.45, 2.75) is 30.4 Å². The smallest absolute Gasteiger partial charge is 0.319 e. The van der Waals surface area contributed by atoms with Gasteiger partial charge in [-0.05, 0) is 36.1 Å². The average Bonchev–Trinajstić information content (AvgIpc) is 2.47. The van der Waals surface area contributed by atoms with E-state index in [1.807, 2.05) is 6.92 Å². The Hall–Kier alpha value is -1.76. The first-order chi connectivity index (χ1) is 10.4. The molecule has 0 spiro atoms. The van der Waals surface area contributed by atoms with Crippen LogP contribution in [0.2, 0.25) is 5.02 Å². The van der Waals surface area contributed by atoms with Crippen LogP contribution in [0.5, 0.6) is 0 Å². The van der Waals surface area contributed by atoms with Gasteiger partial charge in [0, 0.05) is 9.81 Å². The van der Waals surface area contributed by atoms with Gasteiger partial charge < -0.3 is 4.74 Å². The molecule has 1 atom stereocenters. The van der Waals surface area contributed by atoms with E-state index >= 15 is 0 Å². The molecule has 1 aromatic rings. The van der Waals surface area contributed by atoms with Crippen LogP contribution in [0.1, 0.15) is 30.6 Å². The molecule has 118 valence electrons. The van der Waals surface area contributed by atoms with Crippen LogP contribution < -0.4 is 0 Å². The van der Waals surface area contributed by atoms with Crippen molar-refractivity contribution in [2.75, 3.05) is 6.61 Å². The summed E-state index contributed by atoms with van der Waals surface area (Å²) in [5.41, 5.74) is 7.83. The van der Waals surface area contributed by atoms with Crippen molar-refractivity contribution in [2.24, 2.45) is 5.11 Å². The van der Waals surface area contributed by atoms with Gasteiger partial charge in [0.1, 0.15) is 11.1 Å². The molecule has 0 N–H and O–H groups in total. The molecule has 1 unspecified atom stereocenters. The number of amides is 1. The molecule has 0 aliphatic heterocycles. The summed E-state index contributed by atoms with van der Waals surface area (Å²) < 4.78 is 18.7. The number of carbonyl (C=O) groups is 2. The van der Waals surface area contributed by atoms with Gasteiger partial charge in [-0.15, -0.1) is 11.8 Å². The Labute approximate surface area is 135 Å². The van der Waals surface area contributed by atoms with E-state index in [-0.39, 0.29) is 5.02 Å². The van der Waals surface area contributed by atoms with Crippen LogP contribution in [0.3, 0.4) is 0 Å². The van der Waals surface area contributed by atoms with Gasteiger partial charge in [-0.25, -0.2) is 4.39 Å². The molecule has 0 heterocycles. The van der Waals surface area contributed by atoms with Crippen LogP contribution in [0, 0.1) is 5.82 Å². The first-order valence-electron chi connectivity index (χ1n) is 6.32. The molecule has 0 saturated carbocycles. The normalized spacial score (nSPS) is 11.5. The molecular weight excluding hydrogens is 333 g/mol. The fourth-order valence-corrected chi connectivity index (χ4v) is 2.62. The van der Waals surface area contributed by atoms with Crippen LogP contribution in [0.25, 0.3) is 10.4 Å². The van der Waals surface area contributed by atoms with E-state index in [1.165, 1.54) is 0 Å². The van der Waals surface area contributed by atoms with E-state index < -0.39 is 28.5 Å². The van der Waals surface area contributed by atoms with Crippen molar-refractivity contribution >= 4 is 35.2 Å². The van der Waals surface area contributed by atoms with Crippen molar-refractivity contribution in [3.63, 3.8) is 0 Å². The fourth-order valence-electron chi connectivity index (χ4n) is 1.44. The SMILES string of the molecule is CCCOC(=O)C(C)Sc1cc(C(=O)N=[N+]=[N-])c(F)cc1Cl. The standard InChI is InChI=1S/C13H13ClFN3O3S/c1-3-4-21-13(20)7(2)22-11-5-8(12(19)17-18-16)10(15)6-9(11)14/h5-7H,3-4H2,1-2H3. The number of hydrogen-bond donors (Lipinski definition) is 0. The van der Waals surface area contributed by atoms with Gasteiger partial charge in [0.05, 0.1) is 17.2 Å². The number of rotatable bonds is 6. The minimum absolute atomic E-state index is 0.0510. The number of carbonyl (C=O) groups excluding carboxylic acids is 2. The van der Waals surface area contributed by atoms with Crippen molar-refractivity contribution in [3.05, 3.63) is 39.0 Å². The fraction of sp³-hybridized carbons (Fsp3) is 0.385. The molecule has 1 aromatic carbocycles. The van der Waals surface area contributed by atoms with Gasteiger partial charge >= 0.3 is 5.97 Å². The first kappa shape index (κ1) is 18.3. The Kier molecular flexibility index (Phi) is 7.17. The van der Waals surface area contributed by atoms with Crippen molar-refractivity contribution in [1.29, 1.82) is 0 Å². The number of hydrogen-bond acceptors (Lipinski definition) is 4. The van der Waals surface area contributed by atoms with E-state index in [0.717, 1.165) is 23.9 Å². The molecule has 1 amide bonds. The summed E-state index contributed by atoms with van der Waals surface area (Å²) in [4.78, 5) is 25.8. The lowest BCUT2D eigenvalue weighted by molar-refractivity contribution is -0.142. The van der Waals surface area contributed by atoms with Gasteiger partial charge in [-0.3, -0.25) is 9.59 Å². The molecule has 6 nitrogen and oxygen atoms in total. The van der Waals surface area contributed by atoms with E-state index in [1.54, 1.807) is 6.92 Å². The van der Waals surface area contributed by atoms with Gasteiger partial charge in [0.25, 0.3) is 5.91 Å². The number of nitrogens with zero attached hydrogens (tertiary/aromatic N) is 3. The van der Waals surface area contributed by atoms with Gasteiger partial charge in [-0.1, -0.05) is 18.5 Å². The van der Waals surface area contributed by atoms with Crippen molar-refractivity contribution in [3.8, 4) is 0 Å². The predicted octanol–water partition coefficient (Wildman–Crippen LogP) is 4.36. The summed E-state index contributed by atoms with van der Waals surface area (Å²) in [6.45, 7) is 3.79. The lowest BCUT2D eigenvalue weighted by atomic mass is 10.2. The molecule has 0 saturated heterocycles. The molecule has 0 radical (unpaired) electrons.